The topological polar surface area (TPSA) is 46.6 Å². The molecule has 210 valence electrons. The molecule has 3 fully saturated rings. The van der Waals surface area contributed by atoms with Crippen molar-refractivity contribution in [2.24, 2.45) is 11.8 Å². The quantitative estimate of drug-likeness (QED) is 0.299. The Morgan fingerprint density at radius 1 is 0.872 bits per heavy atom. The van der Waals surface area contributed by atoms with Gasteiger partial charge >= 0.3 is 5.97 Å². The molecule has 39 heavy (non-hydrogen) atoms. The van der Waals surface area contributed by atoms with E-state index >= 15 is 0 Å². The van der Waals surface area contributed by atoms with Crippen molar-refractivity contribution in [2.75, 3.05) is 19.7 Å². The minimum atomic E-state index is -0.397. The molecule has 0 spiro atoms. The molecular weight excluding hydrogens is 482 g/mol. The van der Waals surface area contributed by atoms with Crippen molar-refractivity contribution < 1.29 is 14.3 Å². The van der Waals surface area contributed by atoms with E-state index in [0.29, 0.717) is 18.8 Å². The van der Waals surface area contributed by atoms with Crippen LogP contribution in [0, 0.1) is 11.8 Å². The van der Waals surface area contributed by atoms with Crippen molar-refractivity contribution in [2.45, 2.75) is 102 Å². The SMILES string of the molecule is CCOC(=O)[C@@H]1CCCC[C@H]1CC(=O)C1(c2ccc(-c3ccc(CCN4CCC[C@H]4C)cc3)cc2)CCCC1. The zero-order chi connectivity index (χ0) is 27.2. The first-order valence-corrected chi connectivity index (χ1v) is 15.6. The van der Waals surface area contributed by atoms with Crippen LogP contribution in [0.25, 0.3) is 11.1 Å². The smallest absolute Gasteiger partial charge is 0.309 e. The normalized spacial score (nSPS) is 25.0. The Morgan fingerprint density at radius 3 is 2.18 bits per heavy atom. The molecule has 3 aliphatic rings. The maximum Gasteiger partial charge on any atom is 0.309 e. The van der Waals surface area contributed by atoms with Gasteiger partial charge in [-0.25, -0.2) is 0 Å². The number of likely N-dealkylation sites (tertiary alicyclic amines) is 1. The van der Waals surface area contributed by atoms with Crippen LogP contribution < -0.4 is 0 Å². The minimum Gasteiger partial charge on any atom is -0.466 e. The van der Waals surface area contributed by atoms with Gasteiger partial charge in [0.05, 0.1) is 17.9 Å². The lowest BCUT2D eigenvalue weighted by Gasteiger charge is -2.34. The van der Waals surface area contributed by atoms with Crippen LogP contribution in [0.1, 0.15) is 95.6 Å². The molecule has 0 unspecified atom stereocenters. The van der Waals surface area contributed by atoms with Crippen molar-refractivity contribution in [1.29, 1.82) is 0 Å². The lowest BCUT2D eigenvalue weighted by molar-refractivity contribution is -0.151. The lowest BCUT2D eigenvalue weighted by Crippen LogP contribution is -2.37. The summed E-state index contributed by atoms with van der Waals surface area (Å²) in [5, 5.41) is 0. The lowest BCUT2D eigenvalue weighted by atomic mass is 9.69. The predicted octanol–water partition coefficient (Wildman–Crippen LogP) is 7.52. The molecule has 2 aliphatic carbocycles. The second-order valence-electron chi connectivity index (χ2n) is 12.4. The third-order valence-electron chi connectivity index (χ3n) is 10.0. The number of hydrogen-bond acceptors (Lipinski definition) is 4. The van der Waals surface area contributed by atoms with Crippen molar-refractivity contribution in [3.8, 4) is 11.1 Å². The van der Waals surface area contributed by atoms with Gasteiger partial charge in [-0.3, -0.25) is 9.59 Å². The maximum atomic E-state index is 14.0. The summed E-state index contributed by atoms with van der Waals surface area (Å²) in [6.07, 6.45) is 12.3. The van der Waals surface area contributed by atoms with Gasteiger partial charge in [-0.15, -0.1) is 0 Å². The van der Waals surface area contributed by atoms with Crippen LogP contribution in [-0.4, -0.2) is 42.4 Å². The van der Waals surface area contributed by atoms with Gasteiger partial charge in [-0.2, -0.15) is 0 Å². The Morgan fingerprint density at radius 2 is 1.54 bits per heavy atom. The van der Waals surface area contributed by atoms with Crippen LogP contribution >= 0.6 is 0 Å². The van der Waals surface area contributed by atoms with Gasteiger partial charge < -0.3 is 9.64 Å². The summed E-state index contributed by atoms with van der Waals surface area (Å²) in [5.41, 5.74) is 4.59. The standard InChI is InChI=1S/C35H47NO3/c1-3-39-34(38)32-11-5-4-10-30(32)25-33(37)35(21-6-7-22-35)31-18-16-29(17-19-31)28-14-12-27(13-15-28)20-24-36-23-8-9-26(36)2/h12-19,26,30,32H,3-11,20-25H2,1-2H3/t26-,30+,32-/m1/s1. The largest absolute Gasteiger partial charge is 0.466 e. The average molecular weight is 530 g/mol. The molecular formula is C35H47NO3. The molecule has 0 aromatic heterocycles. The van der Waals surface area contributed by atoms with E-state index in [0.717, 1.165) is 75.9 Å². The van der Waals surface area contributed by atoms with Gasteiger partial charge in [0.2, 0.25) is 0 Å². The summed E-state index contributed by atoms with van der Waals surface area (Å²) in [7, 11) is 0. The number of hydrogen-bond donors (Lipinski definition) is 0. The second kappa shape index (κ2) is 12.8. The molecule has 1 heterocycles. The highest BCUT2D eigenvalue weighted by Crippen LogP contribution is 2.45. The number of ether oxygens (including phenoxy) is 1. The van der Waals surface area contributed by atoms with Crippen molar-refractivity contribution >= 4 is 11.8 Å². The summed E-state index contributed by atoms with van der Waals surface area (Å²) in [6.45, 7) is 7.00. The second-order valence-corrected chi connectivity index (χ2v) is 12.4. The van der Waals surface area contributed by atoms with E-state index in [1.54, 1.807) is 0 Å². The number of nitrogens with zero attached hydrogens (tertiary/aromatic N) is 1. The molecule has 2 aromatic rings. The van der Waals surface area contributed by atoms with Crippen LogP contribution in [0.3, 0.4) is 0 Å². The van der Waals surface area contributed by atoms with Gasteiger partial charge in [-0.05, 0) is 93.5 Å². The highest BCUT2D eigenvalue weighted by molar-refractivity contribution is 5.91. The van der Waals surface area contributed by atoms with E-state index in [2.05, 4.69) is 60.4 Å². The molecule has 2 aromatic carbocycles. The highest BCUT2D eigenvalue weighted by Gasteiger charge is 2.44. The molecule has 0 radical (unpaired) electrons. The molecule has 2 saturated carbocycles. The van der Waals surface area contributed by atoms with Gasteiger partial charge in [0.1, 0.15) is 5.78 Å². The fraction of sp³-hybridized carbons (Fsp3) is 0.600. The number of carbonyl (C=O) groups is 2. The fourth-order valence-electron chi connectivity index (χ4n) is 7.60. The molecule has 4 nitrogen and oxygen atoms in total. The van der Waals surface area contributed by atoms with Gasteiger partial charge in [-0.1, -0.05) is 74.2 Å². The van der Waals surface area contributed by atoms with Gasteiger partial charge in [0.15, 0.2) is 0 Å². The minimum absolute atomic E-state index is 0.101. The fourth-order valence-corrected chi connectivity index (χ4v) is 7.60. The summed E-state index contributed by atoms with van der Waals surface area (Å²) in [6, 6.07) is 18.6. The van der Waals surface area contributed by atoms with Crippen molar-refractivity contribution in [1.82, 2.24) is 4.90 Å². The van der Waals surface area contributed by atoms with E-state index < -0.39 is 5.41 Å². The molecule has 1 aliphatic heterocycles. The number of esters is 1. The Labute approximate surface area is 235 Å². The summed E-state index contributed by atoms with van der Waals surface area (Å²) >= 11 is 0. The average Bonchev–Trinajstić information content (AvgIpc) is 3.63. The third-order valence-corrected chi connectivity index (χ3v) is 10.0. The first-order chi connectivity index (χ1) is 19.0. The number of ketones is 1. The molecule has 5 rings (SSSR count). The zero-order valence-corrected chi connectivity index (χ0v) is 24.1. The van der Waals surface area contributed by atoms with E-state index in [1.807, 2.05) is 6.92 Å². The van der Waals surface area contributed by atoms with Crippen LogP contribution in [0.15, 0.2) is 48.5 Å². The summed E-state index contributed by atoms with van der Waals surface area (Å²) < 4.78 is 5.38. The Hall–Kier alpha value is -2.46. The number of Topliss-reactive ketones (excluding diaryl/α,β-unsaturated/α-hetero) is 1. The van der Waals surface area contributed by atoms with Crippen LogP contribution in [0.4, 0.5) is 0 Å². The van der Waals surface area contributed by atoms with E-state index in [1.165, 1.54) is 36.1 Å². The van der Waals surface area contributed by atoms with Crippen LogP contribution in [0.2, 0.25) is 0 Å². The molecule has 3 atom stereocenters. The predicted molar refractivity (Wildman–Crippen MR) is 158 cm³/mol. The number of carbonyl (C=O) groups excluding carboxylic acids is 2. The Kier molecular flexibility index (Phi) is 9.22. The van der Waals surface area contributed by atoms with Crippen molar-refractivity contribution in [3.63, 3.8) is 0 Å². The van der Waals surface area contributed by atoms with Crippen molar-refractivity contribution in [3.05, 3.63) is 59.7 Å². The molecule has 1 saturated heterocycles. The van der Waals surface area contributed by atoms with Crippen LogP contribution in [0.5, 0.6) is 0 Å². The third kappa shape index (κ3) is 6.32. The van der Waals surface area contributed by atoms with E-state index in [-0.39, 0.29) is 17.8 Å². The maximum absolute atomic E-state index is 14.0. The van der Waals surface area contributed by atoms with E-state index in [4.69, 9.17) is 4.74 Å². The van der Waals surface area contributed by atoms with Crippen LogP contribution in [-0.2, 0) is 26.2 Å². The zero-order valence-electron chi connectivity index (χ0n) is 24.1. The van der Waals surface area contributed by atoms with E-state index in [9.17, 15) is 9.59 Å². The molecule has 0 N–H and O–H groups in total. The molecule has 0 bridgehead atoms. The summed E-state index contributed by atoms with van der Waals surface area (Å²) in [4.78, 5) is 29.2. The first kappa shape index (κ1) is 28.1. The summed E-state index contributed by atoms with van der Waals surface area (Å²) in [5.74, 6) is 0.238. The first-order valence-electron chi connectivity index (χ1n) is 15.6. The highest BCUT2D eigenvalue weighted by atomic mass is 16.5. The Balaban J connectivity index is 1.26. The number of benzene rings is 2. The molecule has 0 amide bonds. The van der Waals surface area contributed by atoms with Gasteiger partial charge in [0.25, 0.3) is 0 Å². The van der Waals surface area contributed by atoms with Gasteiger partial charge in [0, 0.05) is 19.0 Å². The molecule has 4 heteroatoms. The Bertz CT molecular complexity index is 1100. The number of rotatable bonds is 10. The monoisotopic (exact) mass is 529 g/mol.